The van der Waals surface area contributed by atoms with Gasteiger partial charge < -0.3 is 20.6 Å². The molecule has 2 heterocycles. The molecule has 0 aliphatic heterocycles. The zero-order chi connectivity index (χ0) is 27.1. The molecule has 4 N–H and O–H groups in total. The number of para-hydroxylation sites is 2. The van der Waals surface area contributed by atoms with Crippen LogP contribution in [-0.4, -0.2) is 21.8 Å². The highest BCUT2D eigenvalue weighted by atomic mass is 16.2. The molecule has 0 fully saturated rings. The molecule has 0 aliphatic carbocycles. The van der Waals surface area contributed by atoms with Gasteiger partial charge in [-0.15, -0.1) is 0 Å². The van der Waals surface area contributed by atoms with Crippen molar-refractivity contribution in [2.24, 2.45) is 0 Å². The smallest absolute Gasteiger partial charge is 0.251 e. The summed E-state index contributed by atoms with van der Waals surface area (Å²) in [4.78, 5) is 32.6. The van der Waals surface area contributed by atoms with Crippen molar-refractivity contribution in [3.05, 3.63) is 131 Å². The van der Waals surface area contributed by atoms with Gasteiger partial charge in [-0.1, -0.05) is 72.8 Å². The van der Waals surface area contributed by atoms with E-state index in [0.717, 1.165) is 54.7 Å². The first-order valence-corrected chi connectivity index (χ1v) is 13.3. The van der Waals surface area contributed by atoms with Crippen LogP contribution in [0, 0.1) is 0 Å². The summed E-state index contributed by atoms with van der Waals surface area (Å²) >= 11 is 0. The Kier molecular flexibility index (Phi) is 5.78. The third kappa shape index (κ3) is 4.35. The van der Waals surface area contributed by atoms with Crippen LogP contribution in [0.1, 0.15) is 31.8 Å². The average Bonchev–Trinajstić information content (AvgIpc) is 3.56. The molecule has 0 radical (unpaired) electrons. The van der Waals surface area contributed by atoms with Gasteiger partial charge in [0.15, 0.2) is 0 Å². The molecular formula is C34H26N4O2. The second kappa shape index (κ2) is 9.75. The number of hydrogen-bond donors (Lipinski definition) is 4. The number of aromatic nitrogens is 2. The number of carbonyl (C=O) groups is 2. The summed E-state index contributed by atoms with van der Waals surface area (Å²) in [6.07, 6.45) is 0. The zero-order valence-corrected chi connectivity index (χ0v) is 21.6. The molecule has 0 saturated heterocycles. The molecule has 40 heavy (non-hydrogen) atoms. The largest absolute Gasteiger partial charge is 0.354 e. The lowest BCUT2D eigenvalue weighted by Crippen LogP contribution is -2.24. The van der Waals surface area contributed by atoms with Crippen LogP contribution in [0.2, 0.25) is 0 Å². The van der Waals surface area contributed by atoms with Gasteiger partial charge in [0, 0.05) is 67.8 Å². The molecule has 7 aromatic rings. The van der Waals surface area contributed by atoms with Gasteiger partial charge in [0.2, 0.25) is 0 Å². The van der Waals surface area contributed by atoms with E-state index in [1.807, 2.05) is 97.1 Å². The van der Waals surface area contributed by atoms with Crippen LogP contribution in [0.15, 0.2) is 109 Å². The molecule has 7 rings (SSSR count). The number of nitrogens with one attached hydrogen (secondary N) is 4. The van der Waals surface area contributed by atoms with E-state index < -0.39 is 0 Å². The topological polar surface area (TPSA) is 89.8 Å². The van der Waals surface area contributed by atoms with E-state index in [2.05, 4.69) is 32.7 Å². The summed E-state index contributed by atoms with van der Waals surface area (Å²) in [6, 6.07) is 35.6. The first-order chi connectivity index (χ1) is 19.6. The van der Waals surface area contributed by atoms with Crippen LogP contribution < -0.4 is 10.6 Å². The predicted molar refractivity (Wildman–Crippen MR) is 160 cm³/mol. The summed E-state index contributed by atoms with van der Waals surface area (Å²) in [7, 11) is 0. The highest BCUT2D eigenvalue weighted by molar-refractivity contribution is 6.10. The Bertz CT molecular complexity index is 1920. The molecule has 6 nitrogen and oxygen atoms in total. The van der Waals surface area contributed by atoms with E-state index >= 15 is 0 Å². The van der Waals surface area contributed by atoms with Crippen LogP contribution in [0.4, 0.5) is 0 Å². The summed E-state index contributed by atoms with van der Waals surface area (Å²) in [5, 5.41) is 10.5. The van der Waals surface area contributed by atoms with Gasteiger partial charge >= 0.3 is 0 Å². The Balaban J connectivity index is 0.998. The fourth-order valence-electron chi connectivity index (χ4n) is 5.41. The van der Waals surface area contributed by atoms with E-state index in [9.17, 15) is 9.59 Å². The monoisotopic (exact) mass is 522 g/mol. The highest BCUT2D eigenvalue weighted by Crippen LogP contribution is 2.27. The molecule has 2 aromatic heterocycles. The summed E-state index contributed by atoms with van der Waals surface area (Å²) in [6.45, 7) is 0.783. The first-order valence-electron chi connectivity index (χ1n) is 13.3. The fourth-order valence-corrected chi connectivity index (χ4v) is 5.41. The van der Waals surface area contributed by atoms with Crippen LogP contribution in [-0.2, 0) is 13.1 Å². The minimum atomic E-state index is -0.133. The molecule has 0 atom stereocenters. The van der Waals surface area contributed by atoms with Gasteiger partial charge in [-0.05, 0) is 47.5 Å². The molecule has 6 heteroatoms. The molecule has 0 saturated carbocycles. The van der Waals surface area contributed by atoms with Gasteiger partial charge in [0.25, 0.3) is 11.8 Å². The van der Waals surface area contributed by atoms with E-state index in [-0.39, 0.29) is 11.8 Å². The maximum Gasteiger partial charge on any atom is 0.251 e. The Labute approximate surface area is 230 Å². The summed E-state index contributed by atoms with van der Waals surface area (Å²) in [5.74, 6) is -0.265. The molecule has 194 valence electrons. The van der Waals surface area contributed by atoms with Crippen molar-refractivity contribution in [1.82, 2.24) is 20.6 Å². The lowest BCUT2D eigenvalue weighted by atomic mass is 10.1. The molecule has 2 amide bonds. The number of H-pyrrole nitrogens is 2. The van der Waals surface area contributed by atoms with E-state index in [1.165, 1.54) is 0 Å². The van der Waals surface area contributed by atoms with Crippen molar-refractivity contribution in [2.75, 3.05) is 0 Å². The first kappa shape index (κ1) is 23.7. The highest BCUT2D eigenvalue weighted by Gasteiger charge is 2.11. The molecule has 0 aliphatic rings. The number of hydrogen-bond acceptors (Lipinski definition) is 2. The van der Waals surface area contributed by atoms with Crippen LogP contribution in [0.25, 0.3) is 43.6 Å². The third-order valence-corrected chi connectivity index (χ3v) is 7.43. The van der Waals surface area contributed by atoms with E-state index in [0.29, 0.717) is 24.2 Å². The van der Waals surface area contributed by atoms with Crippen molar-refractivity contribution in [3.8, 4) is 0 Å². The minimum Gasteiger partial charge on any atom is -0.354 e. The normalized spacial score (nSPS) is 11.4. The number of fused-ring (bicyclic) bond motifs is 6. The van der Waals surface area contributed by atoms with Crippen molar-refractivity contribution in [1.29, 1.82) is 0 Å². The number of amides is 2. The van der Waals surface area contributed by atoms with Gasteiger partial charge in [0.1, 0.15) is 0 Å². The van der Waals surface area contributed by atoms with Crippen molar-refractivity contribution in [2.45, 2.75) is 13.1 Å². The van der Waals surface area contributed by atoms with Crippen LogP contribution in [0.5, 0.6) is 0 Å². The number of aromatic amines is 2. The van der Waals surface area contributed by atoms with Crippen LogP contribution >= 0.6 is 0 Å². The second-order valence-electron chi connectivity index (χ2n) is 10.0. The summed E-state index contributed by atoms with van der Waals surface area (Å²) in [5.41, 5.74) is 7.13. The predicted octanol–water partition coefficient (Wildman–Crippen LogP) is 6.82. The van der Waals surface area contributed by atoms with Crippen molar-refractivity contribution in [3.63, 3.8) is 0 Å². The standard InChI is InChI=1S/C34H26N4O2/c39-33(23-12-14-27-25-8-1-3-10-29(25)37-31(27)17-23)35-19-21-6-5-7-22(16-21)20-36-34(40)24-13-15-28-26-9-2-4-11-30(26)38-32(28)18-24/h1-18,37-38H,19-20H2,(H,35,39)(H,36,40). The zero-order valence-electron chi connectivity index (χ0n) is 21.6. The molecule has 5 aromatic carbocycles. The lowest BCUT2D eigenvalue weighted by molar-refractivity contribution is 0.0943. The Morgan fingerprint density at radius 2 is 0.925 bits per heavy atom. The SMILES string of the molecule is O=C(NCc1cccc(CNC(=O)c2ccc3c(c2)[nH]c2ccccc23)c1)c1ccc2c(c1)[nH]c1ccccc12. The van der Waals surface area contributed by atoms with Gasteiger partial charge in [-0.25, -0.2) is 0 Å². The van der Waals surface area contributed by atoms with Crippen LogP contribution in [0.3, 0.4) is 0 Å². The Hall–Kier alpha value is -5.36. The number of rotatable bonds is 6. The van der Waals surface area contributed by atoms with Gasteiger partial charge in [-0.3, -0.25) is 9.59 Å². The fraction of sp³-hybridized carbons (Fsp3) is 0.0588. The lowest BCUT2D eigenvalue weighted by Gasteiger charge is -2.09. The maximum absolute atomic E-state index is 12.9. The number of benzene rings is 5. The quantitative estimate of drug-likeness (QED) is 0.193. The van der Waals surface area contributed by atoms with E-state index in [1.54, 1.807) is 0 Å². The average molecular weight is 523 g/mol. The molecule has 0 spiro atoms. The molecular weight excluding hydrogens is 496 g/mol. The van der Waals surface area contributed by atoms with E-state index in [4.69, 9.17) is 0 Å². The second-order valence-corrected chi connectivity index (χ2v) is 10.0. The number of carbonyl (C=O) groups excluding carboxylic acids is 2. The Morgan fingerprint density at radius 3 is 1.43 bits per heavy atom. The van der Waals surface area contributed by atoms with Gasteiger partial charge in [-0.2, -0.15) is 0 Å². The maximum atomic E-state index is 12.9. The Morgan fingerprint density at radius 1 is 0.475 bits per heavy atom. The minimum absolute atomic E-state index is 0.133. The van der Waals surface area contributed by atoms with Crippen molar-refractivity contribution < 1.29 is 9.59 Å². The van der Waals surface area contributed by atoms with Gasteiger partial charge in [0.05, 0.1) is 0 Å². The van der Waals surface area contributed by atoms with Crippen molar-refractivity contribution >= 4 is 55.4 Å². The summed E-state index contributed by atoms with van der Waals surface area (Å²) < 4.78 is 0. The third-order valence-electron chi connectivity index (χ3n) is 7.43. The molecule has 0 unspecified atom stereocenters. The molecule has 0 bridgehead atoms.